The lowest BCUT2D eigenvalue weighted by Gasteiger charge is -2.18. The number of ether oxygens (including phenoxy) is 4. The number of fused-ring (bicyclic) bond motifs is 1. The second kappa shape index (κ2) is 6.84. The molecule has 4 rings (SSSR count). The summed E-state index contributed by atoms with van der Waals surface area (Å²) >= 11 is 0. The zero-order valence-electron chi connectivity index (χ0n) is 14.2. The molecule has 1 N–H and O–H groups in total. The van der Waals surface area contributed by atoms with E-state index in [4.69, 9.17) is 18.9 Å². The van der Waals surface area contributed by atoms with Crippen LogP contribution in [0.15, 0.2) is 36.4 Å². The molecule has 5 heteroatoms. The van der Waals surface area contributed by atoms with Crippen LogP contribution in [-0.2, 0) is 17.6 Å². The second-order valence-electron chi connectivity index (χ2n) is 6.66. The van der Waals surface area contributed by atoms with Gasteiger partial charge in [-0.1, -0.05) is 12.1 Å². The number of rotatable bonds is 5. The van der Waals surface area contributed by atoms with Gasteiger partial charge in [0.1, 0.15) is 0 Å². The summed E-state index contributed by atoms with van der Waals surface area (Å²) in [6, 6.07) is 11.7. The van der Waals surface area contributed by atoms with E-state index in [0.717, 1.165) is 43.1 Å². The first-order valence-corrected chi connectivity index (χ1v) is 8.55. The zero-order valence-corrected chi connectivity index (χ0v) is 14.2. The Kier molecular flexibility index (Phi) is 4.40. The van der Waals surface area contributed by atoms with E-state index in [-0.39, 0.29) is 5.75 Å². The van der Waals surface area contributed by atoms with Crippen LogP contribution in [-0.4, -0.2) is 32.2 Å². The van der Waals surface area contributed by atoms with E-state index in [2.05, 4.69) is 12.1 Å². The summed E-state index contributed by atoms with van der Waals surface area (Å²) < 4.78 is 21.8. The molecule has 2 aromatic rings. The molecule has 0 amide bonds. The first-order chi connectivity index (χ1) is 12.2. The molecule has 5 nitrogen and oxygen atoms in total. The lowest BCUT2D eigenvalue weighted by Crippen LogP contribution is -2.17. The number of hydrogen-bond donors (Lipinski definition) is 1. The van der Waals surface area contributed by atoms with Gasteiger partial charge in [0, 0.05) is 0 Å². The first kappa shape index (κ1) is 16.1. The molecule has 0 radical (unpaired) electrons. The Morgan fingerprint density at radius 3 is 2.40 bits per heavy atom. The van der Waals surface area contributed by atoms with Gasteiger partial charge in [-0.15, -0.1) is 0 Å². The van der Waals surface area contributed by atoms with E-state index in [1.807, 2.05) is 18.2 Å². The molecule has 132 valence electrons. The highest BCUT2D eigenvalue weighted by Crippen LogP contribution is 2.35. The van der Waals surface area contributed by atoms with Crippen molar-refractivity contribution in [3.63, 3.8) is 0 Å². The van der Waals surface area contributed by atoms with Gasteiger partial charge in [-0.05, 0) is 60.1 Å². The fourth-order valence-electron chi connectivity index (χ4n) is 3.62. The fraction of sp³-hybridized carbons (Fsp3) is 0.400. The maximum atomic E-state index is 9.75. The van der Waals surface area contributed by atoms with E-state index >= 15 is 0 Å². The lowest BCUT2D eigenvalue weighted by atomic mass is 9.85. The Morgan fingerprint density at radius 1 is 0.960 bits per heavy atom. The summed E-state index contributed by atoms with van der Waals surface area (Å²) in [7, 11) is 1.57. The molecule has 2 atom stereocenters. The molecule has 0 saturated carbocycles. The molecule has 25 heavy (non-hydrogen) atoms. The predicted octanol–water partition coefficient (Wildman–Crippen LogP) is 3.18. The average Bonchev–Trinajstić information content (AvgIpc) is 3.26. The minimum Gasteiger partial charge on any atom is -0.504 e. The molecule has 2 aliphatic heterocycles. The van der Waals surface area contributed by atoms with Gasteiger partial charge >= 0.3 is 0 Å². The van der Waals surface area contributed by atoms with Crippen molar-refractivity contribution in [2.75, 3.05) is 27.1 Å². The van der Waals surface area contributed by atoms with Crippen molar-refractivity contribution in [2.45, 2.75) is 12.8 Å². The van der Waals surface area contributed by atoms with Crippen LogP contribution in [0, 0.1) is 11.8 Å². The van der Waals surface area contributed by atoms with Crippen LogP contribution < -0.4 is 14.2 Å². The Bertz CT molecular complexity index is 739. The molecule has 2 aliphatic rings. The number of aromatic hydroxyl groups is 1. The van der Waals surface area contributed by atoms with Crippen LogP contribution in [0.1, 0.15) is 11.1 Å². The standard InChI is InChI=1S/C20H22O5/c1-22-19-8-13(2-4-17(19)21)6-15-10-23-11-16(15)7-14-3-5-18-20(9-14)25-12-24-18/h2-5,8-9,15-16,21H,6-7,10-12H2,1H3/t15-,16-/m0/s1. The highest BCUT2D eigenvalue weighted by molar-refractivity contribution is 5.45. The quantitative estimate of drug-likeness (QED) is 0.904. The summed E-state index contributed by atoms with van der Waals surface area (Å²) in [5.74, 6) is 3.24. The molecule has 2 heterocycles. The van der Waals surface area contributed by atoms with Crippen molar-refractivity contribution >= 4 is 0 Å². The highest BCUT2D eigenvalue weighted by atomic mass is 16.7. The van der Waals surface area contributed by atoms with Crippen LogP contribution in [0.5, 0.6) is 23.0 Å². The van der Waals surface area contributed by atoms with E-state index < -0.39 is 0 Å². The third kappa shape index (κ3) is 3.37. The minimum absolute atomic E-state index is 0.172. The van der Waals surface area contributed by atoms with Crippen molar-refractivity contribution in [2.24, 2.45) is 11.8 Å². The maximum absolute atomic E-state index is 9.75. The smallest absolute Gasteiger partial charge is 0.231 e. The summed E-state index contributed by atoms with van der Waals surface area (Å²) in [5.41, 5.74) is 2.40. The van der Waals surface area contributed by atoms with E-state index in [0.29, 0.717) is 24.4 Å². The molecule has 2 aromatic carbocycles. The van der Waals surface area contributed by atoms with E-state index in [9.17, 15) is 5.11 Å². The van der Waals surface area contributed by atoms with Crippen molar-refractivity contribution < 1.29 is 24.1 Å². The maximum Gasteiger partial charge on any atom is 0.231 e. The van der Waals surface area contributed by atoms with Gasteiger partial charge in [-0.3, -0.25) is 0 Å². The van der Waals surface area contributed by atoms with Crippen LogP contribution in [0.25, 0.3) is 0 Å². The average molecular weight is 342 g/mol. The Morgan fingerprint density at radius 2 is 1.64 bits per heavy atom. The minimum atomic E-state index is 0.172. The van der Waals surface area contributed by atoms with Gasteiger partial charge in [0.15, 0.2) is 23.0 Å². The molecule has 0 aromatic heterocycles. The second-order valence-corrected chi connectivity index (χ2v) is 6.66. The molecular formula is C20H22O5. The summed E-state index contributed by atoms with van der Waals surface area (Å²) in [5, 5.41) is 9.75. The largest absolute Gasteiger partial charge is 0.504 e. The van der Waals surface area contributed by atoms with Gasteiger partial charge in [-0.2, -0.15) is 0 Å². The summed E-state index contributed by atoms with van der Waals surface area (Å²) in [4.78, 5) is 0. The third-order valence-corrected chi connectivity index (χ3v) is 5.01. The predicted molar refractivity (Wildman–Crippen MR) is 92.4 cm³/mol. The van der Waals surface area contributed by atoms with Crippen LogP contribution in [0.4, 0.5) is 0 Å². The molecule has 1 saturated heterocycles. The van der Waals surface area contributed by atoms with Crippen LogP contribution in [0.3, 0.4) is 0 Å². The number of methoxy groups -OCH3 is 1. The Labute approximate surface area is 147 Å². The van der Waals surface area contributed by atoms with Gasteiger partial charge < -0.3 is 24.1 Å². The van der Waals surface area contributed by atoms with Crippen LogP contribution >= 0.6 is 0 Å². The van der Waals surface area contributed by atoms with Crippen molar-refractivity contribution in [1.82, 2.24) is 0 Å². The monoisotopic (exact) mass is 342 g/mol. The van der Waals surface area contributed by atoms with Gasteiger partial charge in [0.05, 0.1) is 20.3 Å². The SMILES string of the molecule is COc1cc(C[C@H]2COC[C@@H]2Cc2ccc3c(c2)OCO3)ccc1O. The number of phenols is 1. The van der Waals surface area contributed by atoms with Crippen LogP contribution in [0.2, 0.25) is 0 Å². The lowest BCUT2D eigenvalue weighted by molar-refractivity contribution is 0.174. The first-order valence-electron chi connectivity index (χ1n) is 8.55. The molecule has 0 spiro atoms. The Balaban J connectivity index is 1.45. The Hall–Kier alpha value is -2.40. The normalized spacial score (nSPS) is 21.5. The fourth-order valence-corrected chi connectivity index (χ4v) is 3.62. The molecule has 0 bridgehead atoms. The van der Waals surface area contributed by atoms with Gasteiger partial charge in [-0.25, -0.2) is 0 Å². The third-order valence-electron chi connectivity index (χ3n) is 5.01. The molecule has 0 unspecified atom stereocenters. The van der Waals surface area contributed by atoms with Crippen molar-refractivity contribution in [3.8, 4) is 23.0 Å². The van der Waals surface area contributed by atoms with Crippen molar-refractivity contribution in [3.05, 3.63) is 47.5 Å². The molecule has 1 fully saturated rings. The zero-order chi connectivity index (χ0) is 17.2. The topological polar surface area (TPSA) is 57.2 Å². The number of benzene rings is 2. The van der Waals surface area contributed by atoms with E-state index in [1.54, 1.807) is 13.2 Å². The van der Waals surface area contributed by atoms with E-state index in [1.165, 1.54) is 5.56 Å². The van der Waals surface area contributed by atoms with Gasteiger partial charge in [0.25, 0.3) is 0 Å². The number of phenolic OH excluding ortho intramolecular Hbond substituents is 1. The summed E-state index contributed by atoms with van der Waals surface area (Å²) in [6.07, 6.45) is 1.86. The molecule has 0 aliphatic carbocycles. The number of hydrogen-bond acceptors (Lipinski definition) is 5. The van der Waals surface area contributed by atoms with Gasteiger partial charge in [0.2, 0.25) is 6.79 Å². The van der Waals surface area contributed by atoms with Crippen molar-refractivity contribution in [1.29, 1.82) is 0 Å². The summed E-state index contributed by atoms with van der Waals surface area (Å²) in [6.45, 7) is 1.84. The molecular weight excluding hydrogens is 320 g/mol. The highest BCUT2D eigenvalue weighted by Gasteiger charge is 2.29.